The van der Waals surface area contributed by atoms with E-state index in [0.29, 0.717) is 0 Å². The summed E-state index contributed by atoms with van der Waals surface area (Å²) in [4.78, 5) is 0. The number of alkyl halides is 1. The number of nitrogens with one attached hydrogen (secondary N) is 1. The van der Waals surface area contributed by atoms with Crippen LogP contribution in [0.25, 0.3) is 0 Å². The first-order valence-electron chi connectivity index (χ1n) is 7.00. The molecule has 0 saturated heterocycles. The highest BCUT2D eigenvalue weighted by molar-refractivity contribution is 6.17. The average Bonchev–Trinajstić information content (AvgIpc) is 2.44. The van der Waals surface area contributed by atoms with Crippen LogP contribution in [0.2, 0.25) is 0 Å². The molecule has 0 aromatic heterocycles. The molecular formula is C16H26ClNO2. The second-order valence-electron chi connectivity index (χ2n) is 5.75. The highest BCUT2D eigenvalue weighted by Gasteiger charge is 2.16. The van der Waals surface area contributed by atoms with E-state index in [1.165, 1.54) is 5.56 Å². The predicted octanol–water partition coefficient (Wildman–Crippen LogP) is 3.84. The molecule has 3 nitrogen and oxygen atoms in total. The van der Waals surface area contributed by atoms with Gasteiger partial charge in [-0.2, -0.15) is 0 Å². The van der Waals surface area contributed by atoms with E-state index >= 15 is 0 Å². The van der Waals surface area contributed by atoms with E-state index < -0.39 is 0 Å². The third kappa shape index (κ3) is 5.59. The Morgan fingerprint density at radius 1 is 1.15 bits per heavy atom. The van der Waals surface area contributed by atoms with E-state index in [2.05, 4.69) is 25.2 Å². The van der Waals surface area contributed by atoms with Crippen LogP contribution in [-0.2, 0) is 6.54 Å². The molecule has 0 aliphatic carbocycles. The fraction of sp³-hybridized carbons (Fsp3) is 0.625. The van der Waals surface area contributed by atoms with E-state index in [1.54, 1.807) is 14.2 Å². The van der Waals surface area contributed by atoms with Crippen molar-refractivity contribution in [1.29, 1.82) is 0 Å². The number of ether oxygens (including phenoxy) is 2. The lowest BCUT2D eigenvalue weighted by molar-refractivity contribution is 0.311. The van der Waals surface area contributed by atoms with Crippen LogP contribution in [0.15, 0.2) is 18.2 Å². The number of methoxy groups -OCH3 is 2. The smallest absolute Gasteiger partial charge is 0.161 e. The third-order valence-electron chi connectivity index (χ3n) is 3.37. The van der Waals surface area contributed by atoms with Crippen LogP contribution in [0.1, 0.15) is 32.3 Å². The van der Waals surface area contributed by atoms with E-state index in [1.807, 2.05) is 12.1 Å². The van der Waals surface area contributed by atoms with Gasteiger partial charge < -0.3 is 14.8 Å². The summed E-state index contributed by atoms with van der Waals surface area (Å²) in [5.74, 6) is 2.27. The van der Waals surface area contributed by atoms with Crippen molar-refractivity contribution in [1.82, 2.24) is 5.32 Å². The van der Waals surface area contributed by atoms with Crippen LogP contribution in [0, 0.1) is 5.41 Å². The van der Waals surface area contributed by atoms with Gasteiger partial charge in [0, 0.05) is 19.0 Å². The molecule has 20 heavy (non-hydrogen) atoms. The van der Waals surface area contributed by atoms with Crippen LogP contribution in [-0.4, -0.2) is 26.6 Å². The molecule has 1 aromatic rings. The molecule has 0 spiro atoms. The van der Waals surface area contributed by atoms with Gasteiger partial charge in [-0.3, -0.25) is 0 Å². The molecule has 0 unspecified atom stereocenters. The highest BCUT2D eigenvalue weighted by Crippen LogP contribution is 2.27. The summed E-state index contributed by atoms with van der Waals surface area (Å²) < 4.78 is 10.5. The van der Waals surface area contributed by atoms with Crippen molar-refractivity contribution >= 4 is 11.6 Å². The quantitative estimate of drug-likeness (QED) is 0.703. The summed E-state index contributed by atoms with van der Waals surface area (Å²) in [6, 6.07) is 6.01. The molecule has 1 rings (SSSR count). The number of hydrogen-bond acceptors (Lipinski definition) is 3. The first-order valence-corrected chi connectivity index (χ1v) is 7.53. The van der Waals surface area contributed by atoms with Crippen molar-refractivity contribution in [3.05, 3.63) is 23.8 Å². The van der Waals surface area contributed by atoms with Crippen molar-refractivity contribution in [3.63, 3.8) is 0 Å². The minimum atomic E-state index is 0.269. The zero-order valence-corrected chi connectivity index (χ0v) is 13.7. The Bertz CT molecular complexity index is 407. The van der Waals surface area contributed by atoms with Gasteiger partial charge in [-0.1, -0.05) is 19.9 Å². The van der Waals surface area contributed by atoms with Crippen molar-refractivity contribution < 1.29 is 9.47 Å². The van der Waals surface area contributed by atoms with E-state index in [9.17, 15) is 0 Å². The minimum Gasteiger partial charge on any atom is -0.493 e. The maximum Gasteiger partial charge on any atom is 0.161 e. The monoisotopic (exact) mass is 299 g/mol. The van der Waals surface area contributed by atoms with Crippen LogP contribution in [0.5, 0.6) is 11.5 Å². The molecule has 0 radical (unpaired) electrons. The highest BCUT2D eigenvalue weighted by atomic mass is 35.5. The zero-order valence-electron chi connectivity index (χ0n) is 13.0. The maximum atomic E-state index is 5.75. The second kappa shape index (κ2) is 8.38. The Morgan fingerprint density at radius 2 is 1.85 bits per heavy atom. The van der Waals surface area contributed by atoms with Crippen LogP contribution < -0.4 is 14.8 Å². The molecule has 114 valence electrons. The summed E-state index contributed by atoms with van der Waals surface area (Å²) in [6.45, 7) is 6.32. The van der Waals surface area contributed by atoms with Gasteiger partial charge in [0.05, 0.1) is 14.2 Å². The first-order chi connectivity index (χ1) is 9.52. The lowest BCUT2D eigenvalue weighted by Gasteiger charge is -2.24. The number of halogens is 1. The van der Waals surface area contributed by atoms with Crippen molar-refractivity contribution in [2.75, 3.05) is 26.6 Å². The summed E-state index contributed by atoms with van der Waals surface area (Å²) >= 11 is 5.75. The predicted molar refractivity (Wildman–Crippen MR) is 85.0 cm³/mol. The molecule has 0 saturated carbocycles. The normalized spacial score (nSPS) is 11.4. The van der Waals surface area contributed by atoms with Gasteiger partial charge in [0.2, 0.25) is 0 Å². The van der Waals surface area contributed by atoms with Crippen LogP contribution in [0.3, 0.4) is 0 Å². The molecule has 0 aliphatic heterocycles. The number of rotatable bonds is 9. The van der Waals surface area contributed by atoms with E-state index in [-0.39, 0.29) is 5.41 Å². The SMILES string of the molecule is COc1ccc(CNCC(C)(C)CCCCl)cc1OC. The van der Waals surface area contributed by atoms with E-state index in [4.69, 9.17) is 21.1 Å². The van der Waals surface area contributed by atoms with Gasteiger partial charge >= 0.3 is 0 Å². The standard InChI is InChI=1S/C16H26ClNO2/c1-16(2,8-5-9-17)12-18-11-13-6-7-14(19-3)15(10-13)20-4/h6-7,10,18H,5,8-9,11-12H2,1-4H3. The molecular weight excluding hydrogens is 274 g/mol. The second-order valence-corrected chi connectivity index (χ2v) is 6.13. The summed E-state index contributed by atoms with van der Waals surface area (Å²) in [5, 5.41) is 3.50. The average molecular weight is 300 g/mol. The van der Waals surface area contributed by atoms with Crippen molar-refractivity contribution in [2.45, 2.75) is 33.2 Å². The summed E-state index contributed by atoms with van der Waals surface area (Å²) in [7, 11) is 3.31. The molecule has 4 heteroatoms. The van der Waals surface area contributed by atoms with Gasteiger partial charge in [-0.15, -0.1) is 11.6 Å². The van der Waals surface area contributed by atoms with Gasteiger partial charge in [-0.25, -0.2) is 0 Å². The first kappa shape index (κ1) is 17.1. The Hall–Kier alpha value is -0.930. The zero-order chi connectivity index (χ0) is 15.0. The Balaban J connectivity index is 2.49. The largest absolute Gasteiger partial charge is 0.493 e. The number of hydrogen-bond donors (Lipinski definition) is 1. The molecule has 0 heterocycles. The minimum absolute atomic E-state index is 0.269. The summed E-state index contributed by atoms with van der Waals surface area (Å²) in [5.41, 5.74) is 1.46. The molecule has 1 N–H and O–H groups in total. The van der Waals surface area contributed by atoms with E-state index in [0.717, 1.165) is 43.3 Å². The van der Waals surface area contributed by atoms with Gasteiger partial charge in [0.25, 0.3) is 0 Å². The summed E-state index contributed by atoms with van der Waals surface area (Å²) in [6.07, 6.45) is 2.20. The van der Waals surface area contributed by atoms with Gasteiger partial charge in [-0.05, 0) is 36.0 Å². The van der Waals surface area contributed by atoms with Gasteiger partial charge in [0.1, 0.15) is 0 Å². The lowest BCUT2D eigenvalue weighted by atomic mass is 9.88. The fourth-order valence-corrected chi connectivity index (χ4v) is 2.30. The Kier molecular flexibility index (Phi) is 7.17. The Morgan fingerprint density at radius 3 is 2.45 bits per heavy atom. The third-order valence-corrected chi connectivity index (χ3v) is 3.64. The topological polar surface area (TPSA) is 30.5 Å². The fourth-order valence-electron chi connectivity index (χ4n) is 2.17. The van der Waals surface area contributed by atoms with Crippen LogP contribution in [0.4, 0.5) is 0 Å². The van der Waals surface area contributed by atoms with Gasteiger partial charge in [0.15, 0.2) is 11.5 Å². The molecule has 0 amide bonds. The lowest BCUT2D eigenvalue weighted by Crippen LogP contribution is -2.29. The van der Waals surface area contributed by atoms with Crippen molar-refractivity contribution in [3.8, 4) is 11.5 Å². The molecule has 0 aliphatic rings. The molecule has 0 atom stereocenters. The number of benzene rings is 1. The van der Waals surface area contributed by atoms with Crippen molar-refractivity contribution in [2.24, 2.45) is 5.41 Å². The molecule has 1 aromatic carbocycles. The molecule has 0 bridgehead atoms. The molecule has 0 fully saturated rings. The Labute approximate surface area is 127 Å². The maximum absolute atomic E-state index is 5.75. The van der Waals surface area contributed by atoms with Crippen LogP contribution >= 0.6 is 11.6 Å².